The maximum Gasteiger partial charge on any atom is 0.253 e. The molecule has 1 heterocycles. The minimum Gasteiger partial charge on any atom is -0.341 e. The number of fused-ring (bicyclic) bond motifs is 1. The van der Waals surface area contributed by atoms with Crippen LogP contribution in [0, 0.1) is 5.82 Å². The minimum absolute atomic E-state index is 0.0352. The van der Waals surface area contributed by atoms with Crippen molar-refractivity contribution >= 4 is 21.8 Å². The number of carbonyl (C=O) groups is 1. The number of rotatable bonds is 0. The van der Waals surface area contributed by atoms with Crippen molar-refractivity contribution in [2.45, 2.75) is 6.42 Å². The van der Waals surface area contributed by atoms with Crippen LogP contribution in [-0.2, 0) is 6.42 Å². The summed E-state index contributed by atoms with van der Waals surface area (Å²) < 4.78 is 13.6. The second-order valence-corrected chi connectivity index (χ2v) is 4.16. The van der Waals surface area contributed by atoms with Crippen LogP contribution in [0.4, 0.5) is 4.39 Å². The van der Waals surface area contributed by atoms with Crippen LogP contribution in [-0.4, -0.2) is 24.4 Å². The molecule has 0 N–H and O–H groups in total. The second kappa shape index (κ2) is 3.35. The second-order valence-electron chi connectivity index (χ2n) is 3.36. The summed E-state index contributed by atoms with van der Waals surface area (Å²) in [4.78, 5) is 13.3. The number of carbonyl (C=O) groups excluding carboxylic acids is 1. The number of benzene rings is 1. The summed E-state index contributed by atoms with van der Waals surface area (Å²) in [6.45, 7) is 0.647. The molecule has 14 heavy (non-hydrogen) atoms. The standard InChI is InChI=1S/C10H9BrFNO/c1-13-5-4-6-7(10(13)14)2-3-8(12)9(6)11/h2-3H,4-5H2,1H3. The van der Waals surface area contributed by atoms with Gasteiger partial charge in [-0.3, -0.25) is 4.79 Å². The van der Waals surface area contributed by atoms with Gasteiger partial charge in [-0.15, -0.1) is 0 Å². The molecule has 0 aromatic heterocycles. The maximum absolute atomic E-state index is 13.2. The minimum atomic E-state index is -0.305. The Labute approximate surface area is 89.8 Å². The summed E-state index contributed by atoms with van der Waals surface area (Å²) >= 11 is 3.17. The molecule has 74 valence electrons. The van der Waals surface area contributed by atoms with E-state index in [0.29, 0.717) is 23.0 Å². The van der Waals surface area contributed by atoms with E-state index in [1.54, 1.807) is 18.0 Å². The average Bonchev–Trinajstić information content (AvgIpc) is 2.17. The third kappa shape index (κ3) is 1.34. The van der Waals surface area contributed by atoms with E-state index in [0.717, 1.165) is 5.56 Å². The van der Waals surface area contributed by atoms with Gasteiger partial charge in [0.15, 0.2) is 0 Å². The first-order valence-electron chi connectivity index (χ1n) is 4.33. The van der Waals surface area contributed by atoms with E-state index in [1.807, 2.05) is 0 Å². The fourth-order valence-electron chi connectivity index (χ4n) is 1.62. The highest BCUT2D eigenvalue weighted by molar-refractivity contribution is 9.10. The molecule has 0 radical (unpaired) electrons. The van der Waals surface area contributed by atoms with Gasteiger partial charge in [0.25, 0.3) is 5.91 Å². The van der Waals surface area contributed by atoms with E-state index in [2.05, 4.69) is 15.9 Å². The van der Waals surface area contributed by atoms with Crippen molar-refractivity contribution in [2.75, 3.05) is 13.6 Å². The largest absolute Gasteiger partial charge is 0.341 e. The summed E-state index contributed by atoms with van der Waals surface area (Å²) in [5, 5.41) is 0. The van der Waals surface area contributed by atoms with Crippen LogP contribution in [0.1, 0.15) is 15.9 Å². The highest BCUT2D eigenvalue weighted by Crippen LogP contribution is 2.28. The number of halogens is 2. The zero-order valence-corrected chi connectivity index (χ0v) is 9.27. The Morgan fingerprint density at radius 3 is 2.93 bits per heavy atom. The van der Waals surface area contributed by atoms with E-state index in [9.17, 15) is 9.18 Å². The normalized spacial score (nSPS) is 15.6. The van der Waals surface area contributed by atoms with Crippen molar-refractivity contribution < 1.29 is 9.18 Å². The Balaban J connectivity index is 2.59. The average molecular weight is 258 g/mol. The topological polar surface area (TPSA) is 20.3 Å². The molecule has 0 spiro atoms. The molecule has 0 aliphatic carbocycles. The van der Waals surface area contributed by atoms with E-state index < -0.39 is 0 Å². The van der Waals surface area contributed by atoms with Gasteiger partial charge in [0.2, 0.25) is 0 Å². The number of hydrogen-bond donors (Lipinski definition) is 0. The Morgan fingerprint density at radius 2 is 2.21 bits per heavy atom. The highest BCUT2D eigenvalue weighted by atomic mass is 79.9. The van der Waals surface area contributed by atoms with Crippen molar-refractivity contribution in [1.29, 1.82) is 0 Å². The lowest BCUT2D eigenvalue weighted by atomic mass is 9.99. The fraction of sp³-hybridized carbons (Fsp3) is 0.300. The smallest absolute Gasteiger partial charge is 0.253 e. The fourth-order valence-corrected chi connectivity index (χ4v) is 2.17. The van der Waals surface area contributed by atoms with Gasteiger partial charge < -0.3 is 4.90 Å². The van der Waals surface area contributed by atoms with Crippen LogP contribution in [0.2, 0.25) is 0 Å². The lowest BCUT2D eigenvalue weighted by Crippen LogP contribution is -2.34. The number of hydrogen-bond acceptors (Lipinski definition) is 1. The molecular weight excluding hydrogens is 249 g/mol. The van der Waals surface area contributed by atoms with Gasteiger partial charge in [0.05, 0.1) is 4.47 Å². The van der Waals surface area contributed by atoms with Crippen molar-refractivity contribution in [3.8, 4) is 0 Å². The summed E-state index contributed by atoms with van der Waals surface area (Å²) in [5.74, 6) is -0.340. The molecule has 0 bridgehead atoms. The van der Waals surface area contributed by atoms with E-state index in [4.69, 9.17) is 0 Å². The van der Waals surface area contributed by atoms with Crippen LogP contribution in [0.3, 0.4) is 0 Å². The first-order chi connectivity index (χ1) is 6.61. The molecule has 2 nitrogen and oxygen atoms in total. The van der Waals surface area contributed by atoms with Crippen molar-refractivity contribution in [2.24, 2.45) is 0 Å². The molecule has 0 saturated carbocycles. The highest BCUT2D eigenvalue weighted by Gasteiger charge is 2.24. The molecule has 0 unspecified atom stereocenters. The van der Waals surface area contributed by atoms with Gasteiger partial charge in [0, 0.05) is 19.2 Å². The zero-order chi connectivity index (χ0) is 10.3. The van der Waals surface area contributed by atoms with E-state index in [1.165, 1.54) is 6.07 Å². The van der Waals surface area contributed by atoms with Crippen LogP contribution in [0.15, 0.2) is 16.6 Å². The van der Waals surface area contributed by atoms with Gasteiger partial charge in [-0.25, -0.2) is 4.39 Å². The Kier molecular flexibility index (Phi) is 2.31. The molecule has 4 heteroatoms. The Morgan fingerprint density at radius 1 is 1.50 bits per heavy atom. The molecule has 1 aliphatic rings. The molecule has 1 amide bonds. The lowest BCUT2D eigenvalue weighted by Gasteiger charge is -2.25. The molecule has 0 saturated heterocycles. The third-order valence-corrected chi connectivity index (χ3v) is 3.33. The maximum atomic E-state index is 13.2. The van der Waals surface area contributed by atoms with Gasteiger partial charge in [-0.1, -0.05) is 0 Å². The number of nitrogens with zero attached hydrogens (tertiary/aromatic N) is 1. The summed E-state index contributed by atoms with van der Waals surface area (Å²) in [7, 11) is 1.75. The van der Waals surface area contributed by atoms with Crippen molar-refractivity contribution in [1.82, 2.24) is 4.90 Å². The van der Waals surface area contributed by atoms with Crippen LogP contribution < -0.4 is 0 Å². The molecule has 2 rings (SSSR count). The summed E-state index contributed by atoms with van der Waals surface area (Å²) in [6.07, 6.45) is 0.704. The van der Waals surface area contributed by atoms with Crippen LogP contribution in [0.5, 0.6) is 0 Å². The molecular formula is C10H9BrFNO. The van der Waals surface area contributed by atoms with Gasteiger partial charge in [0.1, 0.15) is 5.82 Å². The predicted molar refractivity (Wildman–Crippen MR) is 54.8 cm³/mol. The van der Waals surface area contributed by atoms with Gasteiger partial charge in [-0.05, 0) is 40.0 Å². The van der Waals surface area contributed by atoms with Crippen LogP contribution in [0.25, 0.3) is 0 Å². The zero-order valence-electron chi connectivity index (χ0n) is 7.68. The SMILES string of the molecule is CN1CCc2c(ccc(F)c2Br)C1=O. The van der Waals surface area contributed by atoms with Crippen molar-refractivity contribution in [3.05, 3.63) is 33.5 Å². The molecule has 1 aliphatic heterocycles. The molecule has 1 aromatic rings. The lowest BCUT2D eigenvalue weighted by molar-refractivity contribution is 0.0780. The number of amides is 1. The molecule has 1 aromatic carbocycles. The monoisotopic (exact) mass is 257 g/mol. The summed E-state index contributed by atoms with van der Waals surface area (Å²) in [5.41, 5.74) is 1.39. The third-order valence-electron chi connectivity index (χ3n) is 2.47. The quantitative estimate of drug-likeness (QED) is 0.698. The van der Waals surface area contributed by atoms with Crippen molar-refractivity contribution in [3.63, 3.8) is 0 Å². The van der Waals surface area contributed by atoms with E-state index in [-0.39, 0.29) is 11.7 Å². The number of likely N-dealkylation sites (N-methyl/N-ethyl adjacent to an activating group) is 1. The molecule has 0 fully saturated rings. The van der Waals surface area contributed by atoms with Gasteiger partial charge in [-0.2, -0.15) is 0 Å². The first-order valence-corrected chi connectivity index (χ1v) is 5.13. The first kappa shape index (κ1) is 9.65. The van der Waals surface area contributed by atoms with E-state index >= 15 is 0 Å². The predicted octanol–water partition coefficient (Wildman–Crippen LogP) is 2.22. The summed E-state index contributed by atoms with van der Waals surface area (Å²) in [6, 6.07) is 2.87. The Hall–Kier alpha value is -0.900. The van der Waals surface area contributed by atoms with Gasteiger partial charge >= 0.3 is 0 Å². The molecule has 0 atom stereocenters. The Bertz CT molecular complexity index is 405. The van der Waals surface area contributed by atoms with Crippen LogP contribution >= 0.6 is 15.9 Å².